The van der Waals surface area contributed by atoms with Gasteiger partial charge in [0.25, 0.3) is 0 Å². The van der Waals surface area contributed by atoms with Gasteiger partial charge in [0.2, 0.25) is 0 Å². The Morgan fingerprint density at radius 2 is 2.05 bits per heavy atom. The van der Waals surface area contributed by atoms with E-state index >= 15 is 0 Å². The molecule has 3 nitrogen and oxygen atoms in total. The minimum atomic E-state index is -0.000766. The average molecular weight is 282 g/mol. The number of benzene rings is 1. The Morgan fingerprint density at radius 3 is 2.81 bits per heavy atom. The zero-order valence-electron chi connectivity index (χ0n) is 12.6. The highest BCUT2D eigenvalue weighted by molar-refractivity contribution is 6.00. The van der Waals surface area contributed by atoms with Crippen LogP contribution in [0.15, 0.2) is 36.5 Å². The molecule has 0 radical (unpaired) electrons. The zero-order valence-corrected chi connectivity index (χ0v) is 12.6. The van der Waals surface area contributed by atoms with E-state index in [9.17, 15) is 4.79 Å². The van der Waals surface area contributed by atoms with E-state index in [-0.39, 0.29) is 11.3 Å². The molecule has 0 aliphatic heterocycles. The molecule has 110 valence electrons. The number of aromatic nitrogens is 1. The van der Waals surface area contributed by atoms with Gasteiger partial charge in [-0.2, -0.15) is 0 Å². The summed E-state index contributed by atoms with van der Waals surface area (Å²) in [7, 11) is 1.99. The number of carbonyl (C=O) groups excluding carboxylic acids is 1. The Balaban J connectivity index is 1.82. The van der Waals surface area contributed by atoms with Crippen LogP contribution < -0.4 is 5.32 Å². The van der Waals surface area contributed by atoms with Crippen LogP contribution in [0.2, 0.25) is 0 Å². The van der Waals surface area contributed by atoms with Crippen LogP contribution in [-0.4, -0.2) is 23.4 Å². The predicted molar refractivity (Wildman–Crippen MR) is 85.6 cm³/mol. The molecule has 3 heteroatoms. The Morgan fingerprint density at radius 1 is 1.24 bits per heavy atom. The van der Waals surface area contributed by atoms with E-state index in [1.165, 1.54) is 19.3 Å². The monoisotopic (exact) mass is 282 g/mol. The predicted octanol–water partition coefficient (Wildman–Crippen LogP) is 3.73. The average Bonchev–Trinajstić information content (AvgIpc) is 2.55. The first-order valence-corrected chi connectivity index (χ1v) is 7.79. The van der Waals surface area contributed by atoms with Gasteiger partial charge in [-0.3, -0.25) is 9.78 Å². The Labute approximate surface area is 125 Å². The zero-order chi connectivity index (χ0) is 14.7. The van der Waals surface area contributed by atoms with Gasteiger partial charge in [0.05, 0.1) is 5.52 Å². The molecule has 1 saturated carbocycles. The summed E-state index contributed by atoms with van der Waals surface area (Å²) in [5.74, 6) is 0.233. The number of carbonyl (C=O) groups is 1. The van der Waals surface area contributed by atoms with Crippen molar-refractivity contribution in [1.82, 2.24) is 10.3 Å². The maximum atomic E-state index is 12.7. The summed E-state index contributed by atoms with van der Waals surface area (Å²) in [6.07, 6.45) is 8.30. The highest BCUT2D eigenvalue weighted by Gasteiger charge is 2.32. The lowest BCUT2D eigenvalue weighted by Gasteiger charge is -2.36. The van der Waals surface area contributed by atoms with Crippen LogP contribution in [0.25, 0.3) is 10.9 Å². The van der Waals surface area contributed by atoms with Gasteiger partial charge in [-0.25, -0.2) is 0 Å². The van der Waals surface area contributed by atoms with Crippen molar-refractivity contribution in [2.75, 3.05) is 7.05 Å². The summed E-state index contributed by atoms with van der Waals surface area (Å²) in [5, 5.41) is 4.45. The van der Waals surface area contributed by atoms with Crippen LogP contribution in [0.5, 0.6) is 0 Å². The molecule has 0 amide bonds. The second-order valence-corrected chi connectivity index (χ2v) is 6.10. The smallest absolute Gasteiger partial charge is 0.164 e. The molecule has 1 aliphatic carbocycles. The SMILES string of the molecule is CNC1(CC(=O)c2ccc3ncccc3c2)CCCCC1. The van der Waals surface area contributed by atoms with Crippen LogP contribution in [-0.2, 0) is 0 Å². The fraction of sp³-hybridized carbons (Fsp3) is 0.444. The lowest BCUT2D eigenvalue weighted by molar-refractivity contribution is 0.0915. The summed E-state index contributed by atoms with van der Waals surface area (Å²) in [5.41, 5.74) is 1.74. The van der Waals surface area contributed by atoms with Crippen molar-refractivity contribution in [2.45, 2.75) is 44.1 Å². The lowest BCUT2D eigenvalue weighted by Crippen LogP contribution is -2.46. The molecule has 0 spiro atoms. The number of rotatable bonds is 4. The van der Waals surface area contributed by atoms with Crippen molar-refractivity contribution in [1.29, 1.82) is 0 Å². The number of fused-ring (bicyclic) bond motifs is 1. The van der Waals surface area contributed by atoms with Crippen molar-refractivity contribution in [3.05, 3.63) is 42.1 Å². The van der Waals surface area contributed by atoms with Gasteiger partial charge in [-0.15, -0.1) is 0 Å². The number of hydrogen-bond acceptors (Lipinski definition) is 3. The minimum absolute atomic E-state index is 0.000766. The van der Waals surface area contributed by atoms with E-state index in [0.717, 1.165) is 29.3 Å². The highest BCUT2D eigenvalue weighted by atomic mass is 16.1. The molecular weight excluding hydrogens is 260 g/mol. The molecule has 1 fully saturated rings. The Bertz CT molecular complexity index is 644. The quantitative estimate of drug-likeness (QED) is 0.869. The number of pyridine rings is 1. The Hall–Kier alpha value is -1.74. The van der Waals surface area contributed by atoms with Gasteiger partial charge >= 0.3 is 0 Å². The minimum Gasteiger partial charge on any atom is -0.314 e. The molecule has 0 bridgehead atoms. The van der Waals surface area contributed by atoms with Crippen molar-refractivity contribution < 1.29 is 4.79 Å². The number of Topliss-reactive ketones (excluding diaryl/α,β-unsaturated/α-hetero) is 1. The molecule has 21 heavy (non-hydrogen) atoms. The second-order valence-electron chi connectivity index (χ2n) is 6.10. The molecule has 0 atom stereocenters. The molecule has 1 aliphatic rings. The first-order valence-electron chi connectivity index (χ1n) is 7.79. The maximum absolute atomic E-state index is 12.7. The normalized spacial score (nSPS) is 17.8. The third kappa shape index (κ3) is 2.98. The summed E-state index contributed by atoms with van der Waals surface area (Å²) in [4.78, 5) is 17.0. The molecule has 0 saturated heterocycles. The third-order valence-electron chi connectivity index (χ3n) is 4.76. The highest BCUT2D eigenvalue weighted by Crippen LogP contribution is 2.32. The van der Waals surface area contributed by atoms with E-state index in [1.54, 1.807) is 6.20 Å². The second kappa shape index (κ2) is 5.94. The van der Waals surface area contributed by atoms with E-state index in [2.05, 4.69) is 10.3 Å². The van der Waals surface area contributed by atoms with Crippen LogP contribution in [0.3, 0.4) is 0 Å². The number of hydrogen-bond donors (Lipinski definition) is 1. The third-order valence-corrected chi connectivity index (χ3v) is 4.76. The fourth-order valence-electron chi connectivity index (χ4n) is 3.40. The van der Waals surface area contributed by atoms with Crippen LogP contribution >= 0.6 is 0 Å². The van der Waals surface area contributed by atoms with E-state index in [4.69, 9.17) is 0 Å². The van der Waals surface area contributed by atoms with Crippen molar-refractivity contribution in [3.8, 4) is 0 Å². The first kappa shape index (κ1) is 14.2. The standard InChI is InChI=1S/C18H22N2O/c1-19-18(9-3-2-4-10-18)13-17(21)15-7-8-16-14(12-15)6-5-11-20-16/h5-8,11-12,19H,2-4,9-10,13H2,1H3. The van der Waals surface area contributed by atoms with E-state index < -0.39 is 0 Å². The molecule has 1 aromatic heterocycles. The van der Waals surface area contributed by atoms with E-state index in [0.29, 0.717) is 6.42 Å². The van der Waals surface area contributed by atoms with Gasteiger partial charge in [0.15, 0.2) is 5.78 Å². The Kier molecular flexibility index (Phi) is 4.02. The van der Waals surface area contributed by atoms with Crippen LogP contribution in [0.4, 0.5) is 0 Å². The summed E-state index contributed by atoms with van der Waals surface area (Å²) in [6.45, 7) is 0. The fourth-order valence-corrected chi connectivity index (χ4v) is 3.40. The number of nitrogens with one attached hydrogen (secondary N) is 1. The molecule has 0 unspecified atom stereocenters. The first-order chi connectivity index (χ1) is 10.2. The molecular formula is C18H22N2O. The van der Waals surface area contributed by atoms with Crippen molar-refractivity contribution in [2.24, 2.45) is 0 Å². The summed E-state index contributed by atoms with van der Waals surface area (Å²) in [6, 6.07) is 9.73. The molecule has 2 aromatic rings. The van der Waals surface area contributed by atoms with Gasteiger partial charge in [-0.1, -0.05) is 25.3 Å². The van der Waals surface area contributed by atoms with Crippen molar-refractivity contribution >= 4 is 16.7 Å². The number of ketones is 1. The lowest BCUT2D eigenvalue weighted by atomic mass is 9.77. The topological polar surface area (TPSA) is 42.0 Å². The molecule has 1 heterocycles. The maximum Gasteiger partial charge on any atom is 0.164 e. The van der Waals surface area contributed by atoms with Gasteiger partial charge in [-0.05, 0) is 44.2 Å². The van der Waals surface area contributed by atoms with E-state index in [1.807, 2.05) is 37.4 Å². The van der Waals surface area contributed by atoms with Gasteiger partial charge in [0.1, 0.15) is 0 Å². The van der Waals surface area contributed by atoms with Gasteiger partial charge in [0, 0.05) is 29.1 Å². The number of nitrogens with zero attached hydrogens (tertiary/aromatic N) is 1. The molecule has 1 N–H and O–H groups in total. The van der Waals surface area contributed by atoms with Crippen LogP contribution in [0.1, 0.15) is 48.9 Å². The summed E-state index contributed by atoms with van der Waals surface area (Å²) < 4.78 is 0. The summed E-state index contributed by atoms with van der Waals surface area (Å²) >= 11 is 0. The van der Waals surface area contributed by atoms with Crippen molar-refractivity contribution in [3.63, 3.8) is 0 Å². The molecule has 3 rings (SSSR count). The largest absolute Gasteiger partial charge is 0.314 e. The van der Waals surface area contributed by atoms with Crippen LogP contribution in [0, 0.1) is 0 Å². The molecule has 1 aromatic carbocycles. The van der Waals surface area contributed by atoms with Gasteiger partial charge < -0.3 is 5.32 Å².